The van der Waals surface area contributed by atoms with Crippen molar-refractivity contribution in [3.8, 4) is 0 Å². The van der Waals surface area contributed by atoms with E-state index in [9.17, 15) is 0 Å². The van der Waals surface area contributed by atoms with Crippen molar-refractivity contribution in [3.63, 3.8) is 0 Å². The molecule has 0 aromatic heterocycles. The van der Waals surface area contributed by atoms with E-state index in [4.69, 9.17) is 14.9 Å². The minimum atomic E-state index is 0. The van der Waals surface area contributed by atoms with Gasteiger partial charge in [-0.2, -0.15) is 0 Å². The fourth-order valence-corrected chi connectivity index (χ4v) is 1.59. The molecule has 17 heavy (non-hydrogen) atoms. The molecule has 1 aromatic rings. The van der Waals surface area contributed by atoms with E-state index in [2.05, 4.69) is 0 Å². The molecule has 0 spiro atoms. The highest BCUT2D eigenvalue weighted by molar-refractivity contribution is 5.75. The molecule has 1 aliphatic rings. The molecule has 1 aliphatic heterocycles. The third-order valence-corrected chi connectivity index (χ3v) is 2.50. The molecule has 0 unspecified atom stereocenters. The first-order valence-electron chi connectivity index (χ1n) is 5.74. The SMILES string of the molecule is B.C1CCOC1.OCCc1ccccc1CO. The van der Waals surface area contributed by atoms with Crippen LogP contribution in [0.4, 0.5) is 0 Å². The molecule has 0 amide bonds. The van der Waals surface area contributed by atoms with Crippen LogP contribution in [0.2, 0.25) is 0 Å². The number of ether oxygens (including phenoxy) is 1. The van der Waals surface area contributed by atoms with Crippen molar-refractivity contribution in [2.24, 2.45) is 0 Å². The Balaban J connectivity index is 0.000000360. The van der Waals surface area contributed by atoms with Gasteiger partial charge in [0.1, 0.15) is 0 Å². The van der Waals surface area contributed by atoms with Gasteiger partial charge in [0.15, 0.2) is 0 Å². The van der Waals surface area contributed by atoms with Crippen molar-refractivity contribution < 1.29 is 14.9 Å². The highest BCUT2D eigenvalue weighted by Crippen LogP contribution is 2.08. The number of rotatable bonds is 3. The minimum absolute atomic E-state index is 0. The molecule has 96 valence electrons. The highest BCUT2D eigenvalue weighted by atomic mass is 16.5. The molecular weight excluding hydrogens is 215 g/mol. The van der Waals surface area contributed by atoms with E-state index in [0.29, 0.717) is 6.42 Å². The molecule has 0 saturated carbocycles. The quantitative estimate of drug-likeness (QED) is 0.746. The summed E-state index contributed by atoms with van der Waals surface area (Å²) in [6.45, 7) is 2.19. The Labute approximate surface area is 105 Å². The highest BCUT2D eigenvalue weighted by Gasteiger charge is 1.97. The van der Waals surface area contributed by atoms with Gasteiger partial charge in [-0.3, -0.25) is 0 Å². The van der Waals surface area contributed by atoms with E-state index in [1.54, 1.807) is 0 Å². The average Bonchev–Trinajstić information content (AvgIpc) is 2.89. The smallest absolute Gasteiger partial charge is 0.0814 e. The maximum atomic E-state index is 8.86. The van der Waals surface area contributed by atoms with Gasteiger partial charge < -0.3 is 14.9 Å². The summed E-state index contributed by atoms with van der Waals surface area (Å²) < 4.78 is 4.94. The van der Waals surface area contributed by atoms with Crippen molar-refractivity contribution in [1.82, 2.24) is 0 Å². The first-order valence-corrected chi connectivity index (χ1v) is 5.74. The monoisotopic (exact) mass is 238 g/mol. The van der Waals surface area contributed by atoms with Crippen LogP contribution in [0.1, 0.15) is 24.0 Å². The van der Waals surface area contributed by atoms with Crippen molar-refractivity contribution in [2.45, 2.75) is 25.9 Å². The van der Waals surface area contributed by atoms with Gasteiger partial charge >= 0.3 is 0 Å². The van der Waals surface area contributed by atoms with E-state index in [1.807, 2.05) is 24.3 Å². The second-order valence-corrected chi connectivity index (χ2v) is 3.72. The van der Waals surface area contributed by atoms with Gasteiger partial charge in [0.25, 0.3) is 0 Å². The molecule has 1 aromatic carbocycles. The van der Waals surface area contributed by atoms with Crippen LogP contribution in [0.25, 0.3) is 0 Å². The summed E-state index contributed by atoms with van der Waals surface area (Å²) in [5, 5.41) is 17.5. The Morgan fingerprint density at radius 1 is 1.00 bits per heavy atom. The summed E-state index contributed by atoms with van der Waals surface area (Å²) in [4.78, 5) is 0. The summed E-state index contributed by atoms with van der Waals surface area (Å²) in [7, 11) is 0. The minimum Gasteiger partial charge on any atom is -0.396 e. The second-order valence-electron chi connectivity index (χ2n) is 3.72. The number of aliphatic hydroxyl groups is 2. The maximum absolute atomic E-state index is 8.86. The Kier molecular flexibility index (Phi) is 9.82. The Morgan fingerprint density at radius 3 is 2.00 bits per heavy atom. The Morgan fingerprint density at radius 2 is 1.59 bits per heavy atom. The van der Waals surface area contributed by atoms with E-state index in [1.165, 1.54) is 12.8 Å². The van der Waals surface area contributed by atoms with E-state index < -0.39 is 0 Å². The first kappa shape index (κ1) is 16.2. The number of benzene rings is 1. The number of hydrogen-bond acceptors (Lipinski definition) is 3. The summed E-state index contributed by atoms with van der Waals surface area (Å²) in [5.41, 5.74) is 1.93. The summed E-state index contributed by atoms with van der Waals surface area (Å²) >= 11 is 0. The van der Waals surface area contributed by atoms with Crippen molar-refractivity contribution >= 4 is 8.41 Å². The van der Waals surface area contributed by atoms with Gasteiger partial charge in [-0.05, 0) is 30.4 Å². The lowest BCUT2D eigenvalue weighted by Gasteiger charge is -2.03. The van der Waals surface area contributed by atoms with Gasteiger partial charge in [0, 0.05) is 19.8 Å². The van der Waals surface area contributed by atoms with Crippen molar-refractivity contribution in [3.05, 3.63) is 35.4 Å². The topological polar surface area (TPSA) is 49.7 Å². The molecule has 1 saturated heterocycles. The van der Waals surface area contributed by atoms with Crippen molar-refractivity contribution in [2.75, 3.05) is 19.8 Å². The average molecular weight is 238 g/mol. The summed E-state index contributed by atoms with van der Waals surface area (Å²) in [6.07, 6.45) is 3.18. The fourth-order valence-electron chi connectivity index (χ4n) is 1.59. The molecule has 0 bridgehead atoms. The number of hydrogen-bond donors (Lipinski definition) is 2. The van der Waals surface area contributed by atoms with E-state index in [-0.39, 0.29) is 21.6 Å². The molecule has 2 rings (SSSR count). The van der Waals surface area contributed by atoms with E-state index >= 15 is 0 Å². The van der Waals surface area contributed by atoms with Gasteiger partial charge in [-0.25, -0.2) is 0 Å². The standard InChI is InChI=1S/C9H12O2.C4H8O.BH3/c10-6-5-8-3-1-2-4-9(8)7-11;1-2-4-5-3-1;/h1-4,10-11H,5-7H2;1-4H2;1H3. The molecule has 0 atom stereocenters. The van der Waals surface area contributed by atoms with Crippen LogP contribution in [0.3, 0.4) is 0 Å². The zero-order chi connectivity index (χ0) is 11.6. The van der Waals surface area contributed by atoms with Crippen LogP contribution in [0.15, 0.2) is 24.3 Å². The first-order chi connectivity index (χ1) is 7.88. The summed E-state index contributed by atoms with van der Waals surface area (Å²) in [5.74, 6) is 0. The summed E-state index contributed by atoms with van der Waals surface area (Å²) in [6, 6.07) is 7.57. The van der Waals surface area contributed by atoms with Crippen LogP contribution in [-0.4, -0.2) is 38.4 Å². The molecule has 1 fully saturated rings. The lowest BCUT2D eigenvalue weighted by molar-refractivity contribution is 0.198. The van der Waals surface area contributed by atoms with Gasteiger partial charge in [0.2, 0.25) is 0 Å². The molecular formula is C13H23BO3. The molecule has 0 radical (unpaired) electrons. The van der Waals surface area contributed by atoms with Crippen molar-refractivity contribution in [1.29, 1.82) is 0 Å². The third kappa shape index (κ3) is 6.46. The molecule has 4 heteroatoms. The maximum Gasteiger partial charge on any atom is 0.0814 e. The molecule has 3 nitrogen and oxygen atoms in total. The predicted octanol–water partition coefficient (Wildman–Crippen LogP) is 0.327. The second kappa shape index (κ2) is 10.3. The van der Waals surface area contributed by atoms with Crippen LogP contribution in [0.5, 0.6) is 0 Å². The van der Waals surface area contributed by atoms with Crippen LogP contribution in [-0.2, 0) is 17.8 Å². The van der Waals surface area contributed by atoms with E-state index in [0.717, 1.165) is 24.3 Å². The Hall–Kier alpha value is -0.835. The van der Waals surface area contributed by atoms with Gasteiger partial charge in [-0.1, -0.05) is 24.3 Å². The number of aliphatic hydroxyl groups excluding tert-OH is 2. The molecule has 2 N–H and O–H groups in total. The zero-order valence-corrected chi connectivity index (χ0v) is 9.56. The molecule has 1 heterocycles. The molecule has 0 aliphatic carbocycles. The van der Waals surface area contributed by atoms with Crippen LogP contribution >= 0.6 is 0 Å². The Bertz CT molecular complexity index is 280. The lowest BCUT2D eigenvalue weighted by atomic mass is 10.1. The van der Waals surface area contributed by atoms with Gasteiger partial charge in [-0.15, -0.1) is 0 Å². The fraction of sp³-hybridized carbons (Fsp3) is 0.538. The lowest BCUT2D eigenvalue weighted by Crippen LogP contribution is -1.96. The van der Waals surface area contributed by atoms with Gasteiger partial charge in [0.05, 0.1) is 15.0 Å². The van der Waals surface area contributed by atoms with Crippen LogP contribution in [0, 0.1) is 0 Å². The predicted molar refractivity (Wildman–Crippen MR) is 73.1 cm³/mol. The normalized spacial score (nSPS) is 13.5. The third-order valence-electron chi connectivity index (χ3n) is 2.50. The van der Waals surface area contributed by atoms with Crippen LogP contribution < -0.4 is 0 Å². The largest absolute Gasteiger partial charge is 0.396 e. The zero-order valence-electron chi connectivity index (χ0n) is 9.56.